The van der Waals surface area contributed by atoms with Crippen LogP contribution in [-0.4, -0.2) is 25.5 Å². The number of hydrogen-bond donors (Lipinski definition) is 0. The molecule has 0 N–H and O–H groups in total. The summed E-state index contributed by atoms with van der Waals surface area (Å²) in [6.45, 7) is 5.44. The maximum Gasteiger partial charge on any atom is 0.315 e. The molecule has 2 heterocycles. The summed E-state index contributed by atoms with van der Waals surface area (Å²) in [7, 11) is -2.73. The van der Waals surface area contributed by atoms with E-state index < -0.39 is 21.4 Å². The van der Waals surface area contributed by atoms with E-state index in [1.54, 1.807) is 56.3 Å². The number of ether oxygens (including phenoxy) is 1. The number of esters is 1. The number of hydrogen-bond acceptors (Lipinski definition) is 6. The van der Waals surface area contributed by atoms with Gasteiger partial charge in [-0.3, -0.25) is 4.79 Å². The molecule has 0 aliphatic carbocycles. The summed E-state index contributed by atoms with van der Waals surface area (Å²) in [4.78, 5) is 13.3. The molecule has 196 valence electrons. The van der Waals surface area contributed by atoms with Crippen LogP contribution < -0.4 is 0 Å². The Labute approximate surface area is 231 Å². The lowest BCUT2D eigenvalue weighted by atomic mass is 9.83. The molecule has 0 aliphatic heterocycles. The van der Waals surface area contributed by atoms with Crippen molar-refractivity contribution in [2.75, 3.05) is 7.11 Å². The number of fused-ring (bicyclic) bond motifs is 1. The zero-order valence-corrected chi connectivity index (χ0v) is 23.6. The van der Waals surface area contributed by atoms with E-state index in [2.05, 4.69) is 6.07 Å². The van der Waals surface area contributed by atoms with E-state index in [1.807, 2.05) is 48.7 Å². The molecule has 0 spiro atoms. The van der Waals surface area contributed by atoms with Gasteiger partial charge in [-0.25, -0.2) is 12.4 Å². The quantitative estimate of drug-likeness (QED) is 0.213. The first-order valence-corrected chi connectivity index (χ1v) is 14.6. The highest BCUT2D eigenvalue weighted by Crippen LogP contribution is 2.45. The molecule has 0 unspecified atom stereocenters. The van der Waals surface area contributed by atoms with Crippen molar-refractivity contribution in [2.45, 2.75) is 31.1 Å². The van der Waals surface area contributed by atoms with Crippen LogP contribution in [0.3, 0.4) is 0 Å². The van der Waals surface area contributed by atoms with Gasteiger partial charge in [-0.05, 0) is 62.0 Å². The highest BCUT2D eigenvalue weighted by molar-refractivity contribution is 7.90. The second-order valence-corrected chi connectivity index (χ2v) is 12.5. The first-order chi connectivity index (χ1) is 18.6. The maximum atomic E-state index is 14.4. The minimum Gasteiger partial charge on any atom is -0.468 e. The predicted octanol–water partition coefficient (Wildman–Crippen LogP) is 6.90. The van der Waals surface area contributed by atoms with Crippen molar-refractivity contribution in [1.82, 2.24) is 3.97 Å². The molecule has 3 aromatic carbocycles. The van der Waals surface area contributed by atoms with E-state index in [4.69, 9.17) is 4.74 Å². The Kier molecular flexibility index (Phi) is 6.67. The third-order valence-corrected chi connectivity index (χ3v) is 9.53. The fourth-order valence-corrected chi connectivity index (χ4v) is 7.07. The van der Waals surface area contributed by atoms with Gasteiger partial charge in [0.1, 0.15) is 10.9 Å². The van der Waals surface area contributed by atoms with Crippen LogP contribution in [0.4, 0.5) is 0 Å². The number of aromatic nitrogens is 1. The molecule has 5 aromatic rings. The molecule has 0 atom stereocenters. The third-order valence-electron chi connectivity index (χ3n) is 6.98. The first kappa shape index (κ1) is 26.4. The van der Waals surface area contributed by atoms with Crippen molar-refractivity contribution in [2.24, 2.45) is 0 Å². The van der Waals surface area contributed by atoms with Crippen LogP contribution >= 0.6 is 11.3 Å². The zero-order valence-electron chi connectivity index (χ0n) is 21.9. The Hall–Kier alpha value is -4.19. The summed E-state index contributed by atoms with van der Waals surface area (Å²) < 4.78 is 35.1. The molecule has 8 heteroatoms. The highest BCUT2D eigenvalue weighted by Gasteiger charge is 2.33. The summed E-state index contributed by atoms with van der Waals surface area (Å²) in [6.07, 6.45) is 0. The molecule has 2 aromatic heterocycles. The van der Waals surface area contributed by atoms with Gasteiger partial charge in [0.05, 0.1) is 28.6 Å². The molecule has 0 fully saturated rings. The summed E-state index contributed by atoms with van der Waals surface area (Å²) in [5.41, 5.74) is 3.47. The van der Waals surface area contributed by atoms with E-state index >= 15 is 0 Å². The molecule has 0 radical (unpaired) electrons. The van der Waals surface area contributed by atoms with Crippen LogP contribution in [0.2, 0.25) is 0 Å². The Morgan fingerprint density at radius 1 is 1.00 bits per heavy atom. The Balaban J connectivity index is 1.93. The van der Waals surface area contributed by atoms with Crippen molar-refractivity contribution in [3.05, 3.63) is 100 Å². The Morgan fingerprint density at radius 2 is 1.72 bits per heavy atom. The van der Waals surface area contributed by atoms with Crippen LogP contribution in [0.1, 0.15) is 29.9 Å². The summed E-state index contributed by atoms with van der Waals surface area (Å²) in [6, 6.07) is 25.4. The number of nitrogens with zero attached hydrogens (tertiary/aromatic N) is 2. The second-order valence-electron chi connectivity index (χ2n) is 9.80. The number of rotatable bonds is 6. The molecule has 0 bridgehead atoms. The number of nitriles is 1. The number of carbonyl (C=O) groups is 1. The standard InChI is InChI=1S/C31H26N2O4S2/c1-20-12-14-23(15-13-20)39(35,36)33-26-11-6-5-10-24(26)28(25-16-17-38-27(25)19-32)29(33)21-8-7-9-22(18-21)31(2,3)30(34)37-4/h5-18H,1-4H3. The molecule has 5 rings (SSSR count). The Bertz CT molecular complexity index is 1870. The molecule has 0 aliphatic rings. The highest BCUT2D eigenvalue weighted by atomic mass is 32.2. The molecular weight excluding hydrogens is 528 g/mol. The SMILES string of the molecule is COC(=O)C(C)(C)c1cccc(-c2c(-c3ccsc3C#N)c3ccccc3n2S(=O)(=O)c2ccc(C)cc2)c1. The van der Waals surface area contributed by atoms with E-state index in [9.17, 15) is 18.5 Å². The van der Waals surface area contributed by atoms with Crippen molar-refractivity contribution < 1.29 is 17.9 Å². The fourth-order valence-electron chi connectivity index (χ4n) is 4.83. The summed E-state index contributed by atoms with van der Waals surface area (Å²) in [5, 5.41) is 12.4. The average Bonchev–Trinajstić information content (AvgIpc) is 3.55. The maximum absolute atomic E-state index is 14.4. The Morgan fingerprint density at radius 3 is 2.41 bits per heavy atom. The van der Waals surface area contributed by atoms with Gasteiger partial charge in [0.15, 0.2) is 0 Å². The number of para-hydroxylation sites is 1. The summed E-state index contributed by atoms with van der Waals surface area (Å²) in [5.74, 6) is -0.405. The number of thiophene rings is 1. The van der Waals surface area contributed by atoms with Crippen molar-refractivity contribution >= 4 is 38.2 Å². The number of carbonyl (C=O) groups excluding carboxylic acids is 1. The van der Waals surface area contributed by atoms with E-state index in [1.165, 1.54) is 22.4 Å². The lowest BCUT2D eigenvalue weighted by Gasteiger charge is -2.23. The number of methoxy groups -OCH3 is 1. The fraction of sp³-hybridized carbons (Fsp3) is 0.161. The number of aryl methyl sites for hydroxylation is 1. The van der Waals surface area contributed by atoms with Crippen LogP contribution in [0, 0.1) is 18.3 Å². The van der Waals surface area contributed by atoms with Gasteiger partial charge in [-0.2, -0.15) is 5.26 Å². The van der Waals surface area contributed by atoms with Crippen LogP contribution in [0.15, 0.2) is 89.1 Å². The normalized spacial score (nSPS) is 11.9. The zero-order chi connectivity index (χ0) is 27.9. The summed E-state index contributed by atoms with van der Waals surface area (Å²) >= 11 is 1.30. The number of benzene rings is 3. The smallest absolute Gasteiger partial charge is 0.315 e. The van der Waals surface area contributed by atoms with Gasteiger partial charge in [-0.1, -0.05) is 54.1 Å². The van der Waals surface area contributed by atoms with Gasteiger partial charge in [0.2, 0.25) is 0 Å². The molecular formula is C31H26N2O4S2. The minimum absolute atomic E-state index is 0.151. The van der Waals surface area contributed by atoms with Crippen molar-refractivity contribution in [1.29, 1.82) is 5.26 Å². The van der Waals surface area contributed by atoms with Gasteiger partial charge in [-0.15, -0.1) is 11.3 Å². The van der Waals surface area contributed by atoms with Crippen molar-refractivity contribution in [3.63, 3.8) is 0 Å². The minimum atomic E-state index is -4.07. The van der Waals surface area contributed by atoms with E-state index in [0.29, 0.717) is 43.7 Å². The van der Waals surface area contributed by atoms with Gasteiger partial charge >= 0.3 is 5.97 Å². The molecule has 0 amide bonds. The van der Waals surface area contributed by atoms with E-state index in [0.717, 1.165) is 5.56 Å². The second kappa shape index (κ2) is 9.84. The third kappa shape index (κ3) is 4.34. The van der Waals surface area contributed by atoms with Gasteiger partial charge < -0.3 is 4.74 Å². The monoisotopic (exact) mass is 554 g/mol. The first-order valence-electron chi connectivity index (χ1n) is 12.2. The molecule has 0 saturated carbocycles. The van der Waals surface area contributed by atoms with Gasteiger partial charge in [0, 0.05) is 22.1 Å². The van der Waals surface area contributed by atoms with Crippen LogP contribution in [0.25, 0.3) is 33.3 Å². The lowest BCUT2D eigenvalue weighted by molar-refractivity contribution is -0.146. The lowest BCUT2D eigenvalue weighted by Crippen LogP contribution is -2.30. The topological polar surface area (TPSA) is 89.2 Å². The predicted molar refractivity (Wildman–Crippen MR) is 154 cm³/mol. The van der Waals surface area contributed by atoms with Crippen molar-refractivity contribution in [3.8, 4) is 28.5 Å². The molecule has 0 saturated heterocycles. The largest absolute Gasteiger partial charge is 0.468 e. The van der Waals surface area contributed by atoms with Crippen LogP contribution in [-0.2, 0) is 25.0 Å². The average molecular weight is 555 g/mol. The van der Waals surface area contributed by atoms with Crippen LogP contribution in [0.5, 0.6) is 0 Å². The molecule has 39 heavy (non-hydrogen) atoms. The van der Waals surface area contributed by atoms with E-state index in [-0.39, 0.29) is 4.90 Å². The van der Waals surface area contributed by atoms with Gasteiger partial charge in [0.25, 0.3) is 10.0 Å². The molecule has 6 nitrogen and oxygen atoms in total.